The van der Waals surface area contributed by atoms with Crippen LogP contribution in [0.1, 0.15) is 42.9 Å². The average molecular weight is 321 g/mol. The number of fused-ring (bicyclic) bond motifs is 1. The summed E-state index contributed by atoms with van der Waals surface area (Å²) in [7, 11) is 0. The maximum Gasteiger partial charge on any atom is 0.305 e. The summed E-state index contributed by atoms with van der Waals surface area (Å²) in [5.41, 5.74) is 1.39. The van der Waals surface area contributed by atoms with Crippen LogP contribution < -0.4 is 0 Å². The van der Waals surface area contributed by atoms with Crippen molar-refractivity contribution in [2.45, 2.75) is 33.1 Å². The number of aryl methyl sites for hydroxylation is 1. The first-order valence-electron chi connectivity index (χ1n) is 7.65. The number of halogens is 1. The molecule has 0 aromatic carbocycles. The van der Waals surface area contributed by atoms with Gasteiger partial charge in [-0.1, -0.05) is 13.8 Å². The molecule has 0 spiro atoms. The zero-order valence-electron chi connectivity index (χ0n) is 13.3. The number of carboxylic acid groups (broad SMARTS) is 1. The smallest absolute Gasteiger partial charge is 0.305 e. The molecule has 0 saturated carbocycles. The van der Waals surface area contributed by atoms with Gasteiger partial charge in [0.25, 0.3) is 5.91 Å². The first-order chi connectivity index (χ1) is 11.0. The van der Waals surface area contributed by atoms with Crippen LogP contribution in [0.3, 0.4) is 0 Å². The van der Waals surface area contributed by atoms with Crippen molar-refractivity contribution in [3.63, 3.8) is 0 Å². The fourth-order valence-electron chi connectivity index (χ4n) is 2.51. The Labute approximate surface area is 133 Å². The maximum atomic E-state index is 13.5. The van der Waals surface area contributed by atoms with E-state index in [9.17, 15) is 14.0 Å². The largest absolute Gasteiger partial charge is 0.481 e. The Morgan fingerprint density at radius 1 is 1.30 bits per heavy atom. The number of carbonyl (C=O) groups is 2. The second kappa shape index (κ2) is 7.21. The van der Waals surface area contributed by atoms with Crippen LogP contribution >= 0.6 is 0 Å². The average Bonchev–Trinajstić information content (AvgIpc) is 2.88. The Morgan fingerprint density at radius 2 is 2.04 bits per heavy atom. The number of amides is 1. The van der Waals surface area contributed by atoms with E-state index >= 15 is 0 Å². The molecule has 23 heavy (non-hydrogen) atoms. The molecule has 0 saturated heterocycles. The van der Waals surface area contributed by atoms with Gasteiger partial charge in [-0.25, -0.2) is 9.37 Å². The van der Waals surface area contributed by atoms with Gasteiger partial charge in [0.05, 0.1) is 12.1 Å². The SMILES string of the molecule is CCCN(CCC(=O)O)C(=O)c1c(CC)nc2ccc(F)cn12. The van der Waals surface area contributed by atoms with Crippen LogP contribution in [0.2, 0.25) is 0 Å². The molecule has 0 radical (unpaired) electrons. The molecule has 2 aromatic rings. The molecule has 2 rings (SSSR count). The Hall–Kier alpha value is -2.44. The first kappa shape index (κ1) is 16.9. The lowest BCUT2D eigenvalue weighted by Gasteiger charge is -2.21. The van der Waals surface area contributed by atoms with Crippen molar-refractivity contribution >= 4 is 17.5 Å². The quantitative estimate of drug-likeness (QED) is 0.849. The highest BCUT2D eigenvalue weighted by molar-refractivity contribution is 5.95. The number of aliphatic carboxylic acids is 1. The monoisotopic (exact) mass is 321 g/mol. The van der Waals surface area contributed by atoms with Crippen molar-refractivity contribution in [3.05, 3.63) is 35.5 Å². The normalized spacial score (nSPS) is 10.9. The van der Waals surface area contributed by atoms with Crippen molar-refractivity contribution in [1.29, 1.82) is 0 Å². The van der Waals surface area contributed by atoms with E-state index in [4.69, 9.17) is 5.11 Å². The molecule has 0 aliphatic rings. The summed E-state index contributed by atoms with van der Waals surface area (Å²) in [6.45, 7) is 4.35. The number of aromatic nitrogens is 2. The van der Waals surface area contributed by atoms with Gasteiger partial charge in [-0.15, -0.1) is 0 Å². The zero-order valence-corrected chi connectivity index (χ0v) is 13.3. The third-order valence-electron chi connectivity index (χ3n) is 3.57. The van der Waals surface area contributed by atoms with Crippen LogP contribution in [0, 0.1) is 5.82 Å². The lowest BCUT2D eigenvalue weighted by atomic mass is 10.2. The van der Waals surface area contributed by atoms with Gasteiger partial charge in [0.1, 0.15) is 17.2 Å². The van der Waals surface area contributed by atoms with E-state index in [1.54, 1.807) is 0 Å². The van der Waals surface area contributed by atoms with Crippen LogP contribution in [-0.2, 0) is 11.2 Å². The number of rotatable bonds is 7. The van der Waals surface area contributed by atoms with Crippen LogP contribution in [0.15, 0.2) is 18.3 Å². The Bertz CT molecular complexity index is 727. The molecule has 0 fully saturated rings. The van der Waals surface area contributed by atoms with E-state index in [0.717, 1.165) is 0 Å². The van der Waals surface area contributed by atoms with Crippen LogP contribution in [0.25, 0.3) is 5.65 Å². The van der Waals surface area contributed by atoms with Gasteiger partial charge in [-0.3, -0.25) is 14.0 Å². The summed E-state index contributed by atoms with van der Waals surface area (Å²) in [4.78, 5) is 29.5. The topological polar surface area (TPSA) is 74.9 Å². The van der Waals surface area contributed by atoms with Crippen LogP contribution in [-0.4, -0.2) is 44.4 Å². The number of pyridine rings is 1. The third kappa shape index (κ3) is 3.67. The minimum Gasteiger partial charge on any atom is -0.481 e. The van der Waals surface area contributed by atoms with Crippen molar-refractivity contribution in [2.75, 3.05) is 13.1 Å². The van der Waals surface area contributed by atoms with Gasteiger partial charge in [-0.2, -0.15) is 0 Å². The second-order valence-electron chi connectivity index (χ2n) is 5.27. The number of nitrogens with zero attached hydrogens (tertiary/aromatic N) is 3. The third-order valence-corrected chi connectivity index (χ3v) is 3.57. The highest BCUT2D eigenvalue weighted by Gasteiger charge is 2.23. The van der Waals surface area contributed by atoms with Gasteiger partial charge in [-0.05, 0) is 25.0 Å². The summed E-state index contributed by atoms with van der Waals surface area (Å²) in [6, 6.07) is 2.82. The summed E-state index contributed by atoms with van der Waals surface area (Å²) in [5.74, 6) is -1.74. The van der Waals surface area contributed by atoms with E-state index in [2.05, 4.69) is 4.98 Å². The predicted molar refractivity (Wildman–Crippen MR) is 83.0 cm³/mol. The lowest BCUT2D eigenvalue weighted by molar-refractivity contribution is -0.137. The van der Waals surface area contributed by atoms with Crippen LogP contribution in [0.4, 0.5) is 4.39 Å². The Kier molecular flexibility index (Phi) is 5.31. The Morgan fingerprint density at radius 3 is 2.65 bits per heavy atom. The van der Waals surface area contributed by atoms with Crippen molar-refractivity contribution in [3.8, 4) is 0 Å². The summed E-state index contributed by atoms with van der Waals surface area (Å²) in [5, 5.41) is 8.85. The van der Waals surface area contributed by atoms with E-state index in [0.29, 0.717) is 36.4 Å². The fourth-order valence-corrected chi connectivity index (χ4v) is 2.51. The van der Waals surface area contributed by atoms with Crippen molar-refractivity contribution in [1.82, 2.24) is 14.3 Å². The molecule has 7 heteroatoms. The molecule has 2 aromatic heterocycles. The first-order valence-corrected chi connectivity index (χ1v) is 7.65. The Balaban J connectivity index is 2.44. The maximum absolute atomic E-state index is 13.5. The fraction of sp³-hybridized carbons (Fsp3) is 0.438. The number of imidazole rings is 1. The minimum atomic E-state index is -0.959. The highest BCUT2D eigenvalue weighted by Crippen LogP contribution is 2.17. The molecule has 0 unspecified atom stereocenters. The molecule has 0 atom stereocenters. The molecule has 0 aliphatic heterocycles. The summed E-state index contributed by atoms with van der Waals surface area (Å²) >= 11 is 0. The molecule has 124 valence electrons. The second-order valence-corrected chi connectivity index (χ2v) is 5.27. The zero-order chi connectivity index (χ0) is 17.0. The van der Waals surface area contributed by atoms with Gasteiger partial charge in [0.15, 0.2) is 0 Å². The molecular formula is C16H20FN3O3. The summed E-state index contributed by atoms with van der Waals surface area (Å²) in [6.07, 6.45) is 2.34. The van der Waals surface area contributed by atoms with Crippen LogP contribution in [0.5, 0.6) is 0 Å². The lowest BCUT2D eigenvalue weighted by Crippen LogP contribution is -2.35. The standard InChI is InChI=1S/C16H20FN3O3/c1-3-8-19(9-7-14(21)22)16(23)15-12(4-2)18-13-6-5-11(17)10-20(13)15/h5-6,10H,3-4,7-9H2,1-2H3,(H,21,22). The molecular weight excluding hydrogens is 301 g/mol. The molecule has 0 bridgehead atoms. The van der Waals surface area contributed by atoms with E-state index in [1.807, 2.05) is 13.8 Å². The number of hydrogen-bond acceptors (Lipinski definition) is 3. The van der Waals surface area contributed by atoms with Gasteiger partial charge >= 0.3 is 5.97 Å². The molecule has 6 nitrogen and oxygen atoms in total. The number of hydrogen-bond donors (Lipinski definition) is 1. The molecule has 2 heterocycles. The van der Waals surface area contributed by atoms with E-state index < -0.39 is 11.8 Å². The molecule has 1 N–H and O–H groups in total. The minimum absolute atomic E-state index is 0.119. The van der Waals surface area contributed by atoms with Crippen molar-refractivity contribution in [2.24, 2.45) is 0 Å². The van der Waals surface area contributed by atoms with Crippen molar-refractivity contribution < 1.29 is 19.1 Å². The van der Waals surface area contributed by atoms with Gasteiger partial charge < -0.3 is 10.0 Å². The van der Waals surface area contributed by atoms with Gasteiger partial charge in [0.2, 0.25) is 0 Å². The van der Waals surface area contributed by atoms with Gasteiger partial charge in [0, 0.05) is 19.3 Å². The van der Waals surface area contributed by atoms with E-state index in [-0.39, 0.29) is 18.9 Å². The molecule has 0 aliphatic carbocycles. The number of carbonyl (C=O) groups excluding carboxylic acids is 1. The predicted octanol–water partition coefficient (Wildman–Crippen LogP) is 2.36. The molecule has 1 amide bonds. The highest BCUT2D eigenvalue weighted by atomic mass is 19.1. The number of carboxylic acids is 1. The summed E-state index contributed by atoms with van der Waals surface area (Å²) < 4.78 is 15.0. The van der Waals surface area contributed by atoms with E-state index in [1.165, 1.54) is 27.6 Å².